The number of hydrogen-bond donors (Lipinski definition) is 2. The summed E-state index contributed by atoms with van der Waals surface area (Å²) in [5.41, 5.74) is 1.12. The summed E-state index contributed by atoms with van der Waals surface area (Å²) in [4.78, 5) is 1.18. The van der Waals surface area contributed by atoms with E-state index in [4.69, 9.17) is 9.47 Å². The molecule has 0 spiro atoms. The van der Waals surface area contributed by atoms with Crippen LogP contribution in [0.3, 0.4) is 0 Å². The molecule has 0 radical (unpaired) electrons. The van der Waals surface area contributed by atoms with Crippen LogP contribution in [-0.4, -0.2) is 30.3 Å². The number of benzene rings is 2. The zero-order valence-electron chi connectivity index (χ0n) is 12.2. The molecule has 2 aromatic rings. The van der Waals surface area contributed by atoms with Crippen molar-refractivity contribution in [3.05, 3.63) is 54.1 Å². The highest BCUT2D eigenvalue weighted by Gasteiger charge is 2.13. The Hall–Kier alpha value is -1.69. The van der Waals surface area contributed by atoms with Gasteiger partial charge in [0, 0.05) is 23.7 Å². The van der Waals surface area contributed by atoms with Gasteiger partial charge in [0.2, 0.25) is 6.79 Å². The van der Waals surface area contributed by atoms with Crippen LogP contribution >= 0.6 is 11.8 Å². The number of fused-ring (bicyclic) bond motifs is 1. The van der Waals surface area contributed by atoms with Gasteiger partial charge in [0.15, 0.2) is 11.5 Å². The van der Waals surface area contributed by atoms with E-state index < -0.39 is 0 Å². The van der Waals surface area contributed by atoms with E-state index in [-0.39, 0.29) is 6.10 Å². The number of aliphatic hydroxyl groups is 1. The molecule has 4 nitrogen and oxygen atoms in total. The molecule has 3 rings (SSSR count). The molecule has 0 saturated carbocycles. The fraction of sp³-hybridized carbons (Fsp3) is 0.294. The second kappa shape index (κ2) is 7.54. The maximum atomic E-state index is 10.0. The third kappa shape index (κ3) is 4.16. The lowest BCUT2D eigenvalue weighted by atomic mass is 10.2. The zero-order valence-corrected chi connectivity index (χ0v) is 13.0. The highest BCUT2D eigenvalue weighted by molar-refractivity contribution is 7.99. The van der Waals surface area contributed by atoms with Crippen molar-refractivity contribution in [2.75, 3.05) is 19.1 Å². The monoisotopic (exact) mass is 317 g/mol. The van der Waals surface area contributed by atoms with Crippen molar-refractivity contribution in [3.8, 4) is 11.5 Å². The highest BCUT2D eigenvalue weighted by atomic mass is 32.2. The van der Waals surface area contributed by atoms with Gasteiger partial charge in [-0.25, -0.2) is 0 Å². The minimum Gasteiger partial charge on any atom is -0.454 e. The van der Waals surface area contributed by atoms with Gasteiger partial charge >= 0.3 is 0 Å². The van der Waals surface area contributed by atoms with E-state index in [0.29, 0.717) is 25.6 Å². The number of thioether (sulfide) groups is 1. The van der Waals surface area contributed by atoms with E-state index in [2.05, 4.69) is 17.4 Å². The molecule has 1 aliphatic heterocycles. The second-order valence-corrected chi connectivity index (χ2v) is 6.19. The lowest BCUT2D eigenvalue weighted by Gasteiger charge is -2.12. The molecule has 0 bridgehead atoms. The molecule has 5 heteroatoms. The van der Waals surface area contributed by atoms with Gasteiger partial charge in [0.1, 0.15) is 0 Å². The van der Waals surface area contributed by atoms with Gasteiger partial charge in [-0.1, -0.05) is 24.3 Å². The van der Waals surface area contributed by atoms with Crippen molar-refractivity contribution >= 4 is 11.8 Å². The van der Waals surface area contributed by atoms with Crippen molar-refractivity contribution < 1.29 is 14.6 Å². The average molecular weight is 317 g/mol. The molecule has 0 amide bonds. The minimum absolute atomic E-state index is 0.293. The average Bonchev–Trinajstić information content (AvgIpc) is 3.02. The number of aliphatic hydroxyl groups excluding tert-OH is 1. The summed E-state index contributed by atoms with van der Waals surface area (Å²) >= 11 is 1.66. The van der Waals surface area contributed by atoms with Crippen LogP contribution in [0.15, 0.2) is 53.4 Å². The van der Waals surface area contributed by atoms with Gasteiger partial charge in [-0.05, 0) is 29.8 Å². The first-order valence-corrected chi connectivity index (χ1v) is 8.25. The quantitative estimate of drug-likeness (QED) is 0.769. The standard InChI is InChI=1S/C17H19NO3S/c19-14(11-22-15-4-2-1-3-5-15)10-18-9-13-6-7-16-17(8-13)21-12-20-16/h1-8,14,18-19H,9-12H2. The molecular weight excluding hydrogens is 298 g/mol. The van der Waals surface area contributed by atoms with Crippen molar-refractivity contribution in [3.63, 3.8) is 0 Å². The van der Waals surface area contributed by atoms with Gasteiger partial charge in [0.05, 0.1) is 6.10 Å². The molecule has 1 aliphatic rings. The van der Waals surface area contributed by atoms with E-state index in [9.17, 15) is 5.11 Å². The summed E-state index contributed by atoms with van der Waals surface area (Å²) in [6.45, 7) is 1.56. The van der Waals surface area contributed by atoms with Crippen LogP contribution in [0.2, 0.25) is 0 Å². The first-order valence-electron chi connectivity index (χ1n) is 7.26. The lowest BCUT2D eigenvalue weighted by Crippen LogP contribution is -2.28. The van der Waals surface area contributed by atoms with Gasteiger partial charge in [-0.2, -0.15) is 0 Å². The molecule has 1 heterocycles. The largest absolute Gasteiger partial charge is 0.454 e. The lowest BCUT2D eigenvalue weighted by molar-refractivity contribution is 0.174. The first kappa shape index (κ1) is 15.2. The fourth-order valence-corrected chi connectivity index (χ4v) is 3.05. The number of ether oxygens (including phenoxy) is 2. The molecule has 1 atom stereocenters. The van der Waals surface area contributed by atoms with E-state index in [1.165, 1.54) is 4.90 Å². The Morgan fingerprint density at radius 3 is 2.77 bits per heavy atom. The van der Waals surface area contributed by atoms with E-state index in [0.717, 1.165) is 17.1 Å². The van der Waals surface area contributed by atoms with Crippen LogP contribution in [-0.2, 0) is 6.54 Å². The Morgan fingerprint density at radius 2 is 1.91 bits per heavy atom. The predicted octanol–water partition coefficient (Wildman–Crippen LogP) is 2.66. The Labute approximate surface area is 134 Å². The van der Waals surface area contributed by atoms with Gasteiger partial charge in [-0.3, -0.25) is 0 Å². The van der Waals surface area contributed by atoms with Crippen LogP contribution < -0.4 is 14.8 Å². The third-order valence-corrected chi connectivity index (χ3v) is 4.49. The molecule has 0 fully saturated rings. The molecule has 2 aromatic carbocycles. The Morgan fingerprint density at radius 1 is 1.09 bits per heavy atom. The SMILES string of the molecule is OC(CNCc1ccc2c(c1)OCO2)CSc1ccccc1. The summed E-state index contributed by atoms with van der Waals surface area (Å²) in [7, 11) is 0. The van der Waals surface area contributed by atoms with Gasteiger partial charge in [-0.15, -0.1) is 11.8 Å². The second-order valence-electron chi connectivity index (χ2n) is 5.10. The number of rotatable bonds is 7. The van der Waals surface area contributed by atoms with E-state index in [1.54, 1.807) is 11.8 Å². The van der Waals surface area contributed by atoms with Crippen LogP contribution in [0.4, 0.5) is 0 Å². The summed E-state index contributed by atoms with van der Waals surface area (Å²) in [5.74, 6) is 2.26. The Bertz CT molecular complexity index is 606. The van der Waals surface area contributed by atoms with Gasteiger partial charge < -0.3 is 19.9 Å². The summed E-state index contributed by atoms with van der Waals surface area (Å²) in [6, 6.07) is 16.0. The molecular formula is C17H19NO3S. The van der Waals surface area contributed by atoms with E-state index >= 15 is 0 Å². The smallest absolute Gasteiger partial charge is 0.231 e. The number of nitrogens with one attached hydrogen (secondary N) is 1. The van der Waals surface area contributed by atoms with Crippen molar-refractivity contribution in [2.24, 2.45) is 0 Å². The van der Waals surface area contributed by atoms with Crippen LogP contribution in [0.5, 0.6) is 11.5 Å². The van der Waals surface area contributed by atoms with E-state index in [1.807, 2.05) is 36.4 Å². The maximum Gasteiger partial charge on any atom is 0.231 e. The van der Waals surface area contributed by atoms with Crippen LogP contribution in [0, 0.1) is 0 Å². The summed E-state index contributed by atoms with van der Waals surface area (Å²) < 4.78 is 10.6. The first-order chi connectivity index (χ1) is 10.8. The van der Waals surface area contributed by atoms with Crippen molar-refractivity contribution in [1.82, 2.24) is 5.32 Å². The molecule has 22 heavy (non-hydrogen) atoms. The van der Waals surface area contributed by atoms with Crippen molar-refractivity contribution in [2.45, 2.75) is 17.5 Å². The fourth-order valence-electron chi connectivity index (χ4n) is 2.20. The van der Waals surface area contributed by atoms with Crippen LogP contribution in [0.1, 0.15) is 5.56 Å². The summed E-state index contributed by atoms with van der Waals surface area (Å²) in [5, 5.41) is 13.3. The molecule has 0 aromatic heterocycles. The summed E-state index contributed by atoms with van der Waals surface area (Å²) in [6.07, 6.45) is -0.376. The molecule has 0 saturated heterocycles. The maximum absolute atomic E-state index is 10.0. The normalized spacial score (nSPS) is 14.0. The molecule has 2 N–H and O–H groups in total. The predicted molar refractivity (Wildman–Crippen MR) is 87.4 cm³/mol. The molecule has 116 valence electrons. The Kier molecular flexibility index (Phi) is 5.21. The number of hydrogen-bond acceptors (Lipinski definition) is 5. The zero-order chi connectivity index (χ0) is 15.2. The highest BCUT2D eigenvalue weighted by Crippen LogP contribution is 2.32. The van der Waals surface area contributed by atoms with Gasteiger partial charge in [0.25, 0.3) is 0 Å². The topological polar surface area (TPSA) is 50.7 Å². The van der Waals surface area contributed by atoms with Crippen LogP contribution in [0.25, 0.3) is 0 Å². The minimum atomic E-state index is -0.376. The van der Waals surface area contributed by atoms with Crippen molar-refractivity contribution in [1.29, 1.82) is 0 Å². The molecule has 1 unspecified atom stereocenters. The molecule has 0 aliphatic carbocycles. The third-order valence-electron chi connectivity index (χ3n) is 3.33. The Balaban J connectivity index is 1.39.